The number of carbonyl (C=O) groups is 1. The number of carbonyl (C=O) groups excluding carboxylic acids is 1. The fraction of sp³-hybridized carbons (Fsp3) is 0.435. The van der Waals surface area contributed by atoms with Gasteiger partial charge < -0.3 is 5.32 Å². The van der Waals surface area contributed by atoms with Gasteiger partial charge in [-0.3, -0.25) is 4.79 Å². The molecule has 1 heterocycles. The molecule has 1 atom stereocenters. The Morgan fingerprint density at radius 2 is 2.00 bits per heavy atom. The molecule has 5 heteroatoms. The number of hydrogen-bond donors (Lipinski definition) is 1. The Hall–Kier alpha value is -2.32. The maximum absolute atomic E-state index is 13.0. The molecule has 1 aromatic heterocycles. The van der Waals surface area contributed by atoms with Crippen LogP contribution in [0.5, 0.6) is 0 Å². The SMILES string of the molecule is CCc1cccc(C)c1NC(=O)C(CC)Sc1nc(CC(C)C)ccc1C#N. The minimum atomic E-state index is -0.307. The van der Waals surface area contributed by atoms with Crippen LogP contribution in [0.1, 0.15) is 56.5 Å². The topological polar surface area (TPSA) is 65.8 Å². The Labute approximate surface area is 172 Å². The standard InChI is InChI=1S/C23H29N3OS/c1-6-17-10-8-9-16(5)21(17)26-22(27)20(7-2)28-23-18(14-24)11-12-19(25-23)13-15(3)4/h8-12,15,20H,6-7,13H2,1-5H3,(H,26,27). The van der Waals surface area contributed by atoms with Gasteiger partial charge >= 0.3 is 0 Å². The van der Waals surface area contributed by atoms with Crippen molar-refractivity contribution >= 4 is 23.4 Å². The minimum Gasteiger partial charge on any atom is -0.325 e. The molecule has 0 aliphatic carbocycles. The van der Waals surface area contributed by atoms with E-state index in [1.807, 2.05) is 44.2 Å². The zero-order valence-electron chi connectivity index (χ0n) is 17.4. The highest BCUT2D eigenvalue weighted by atomic mass is 32.2. The van der Waals surface area contributed by atoms with Crippen LogP contribution in [0.25, 0.3) is 0 Å². The van der Waals surface area contributed by atoms with Crippen LogP contribution in [0.3, 0.4) is 0 Å². The fourth-order valence-corrected chi connectivity index (χ4v) is 4.06. The monoisotopic (exact) mass is 395 g/mol. The molecular weight excluding hydrogens is 366 g/mol. The van der Waals surface area contributed by atoms with Gasteiger partial charge in [0.15, 0.2) is 0 Å². The Morgan fingerprint density at radius 1 is 1.25 bits per heavy atom. The van der Waals surface area contributed by atoms with Crippen LogP contribution < -0.4 is 5.32 Å². The highest BCUT2D eigenvalue weighted by Crippen LogP contribution is 2.29. The maximum atomic E-state index is 13.0. The molecule has 2 rings (SSSR count). The number of benzene rings is 1. The highest BCUT2D eigenvalue weighted by Gasteiger charge is 2.22. The third kappa shape index (κ3) is 5.59. The Balaban J connectivity index is 2.24. The van der Waals surface area contributed by atoms with Crippen LogP contribution in [-0.4, -0.2) is 16.1 Å². The van der Waals surface area contributed by atoms with Crippen molar-refractivity contribution in [3.05, 3.63) is 52.7 Å². The molecule has 0 spiro atoms. The number of anilines is 1. The van der Waals surface area contributed by atoms with E-state index in [4.69, 9.17) is 0 Å². The van der Waals surface area contributed by atoms with Crippen molar-refractivity contribution in [3.8, 4) is 6.07 Å². The molecule has 0 radical (unpaired) electrons. The summed E-state index contributed by atoms with van der Waals surface area (Å²) < 4.78 is 0. The first-order valence-electron chi connectivity index (χ1n) is 9.85. The zero-order valence-corrected chi connectivity index (χ0v) is 18.2. The summed E-state index contributed by atoms with van der Waals surface area (Å²) >= 11 is 1.38. The molecule has 0 aliphatic rings. The molecule has 28 heavy (non-hydrogen) atoms. The largest absolute Gasteiger partial charge is 0.325 e. The number of pyridine rings is 1. The first-order valence-corrected chi connectivity index (χ1v) is 10.7. The van der Waals surface area contributed by atoms with E-state index >= 15 is 0 Å². The summed E-state index contributed by atoms with van der Waals surface area (Å²) in [4.78, 5) is 17.7. The van der Waals surface area contributed by atoms with Gasteiger partial charge in [-0.1, -0.05) is 57.7 Å². The number of nitrogens with one attached hydrogen (secondary N) is 1. The van der Waals surface area contributed by atoms with E-state index in [9.17, 15) is 10.1 Å². The molecular formula is C23H29N3OS. The number of aryl methyl sites for hydroxylation is 2. The molecule has 0 aliphatic heterocycles. The smallest absolute Gasteiger partial charge is 0.237 e. The fourth-order valence-electron chi connectivity index (χ4n) is 3.05. The van der Waals surface area contributed by atoms with E-state index in [0.717, 1.165) is 35.3 Å². The predicted molar refractivity (Wildman–Crippen MR) is 117 cm³/mol. The average Bonchev–Trinajstić information content (AvgIpc) is 2.67. The van der Waals surface area contributed by atoms with Crippen molar-refractivity contribution < 1.29 is 4.79 Å². The summed E-state index contributed by atoms with van der Waals surface area (Å²) in [6.07, 6.45) is 2.37. The first-order chi connectivity index (χ1) is 13.4. The molecule has 1 aromatic carbocycles. The number of nitriles is 1. The summed E-state index contributed by atoms with van der Waals surface area (Å²) in [6.45, 7) is 10.4. The molecule has 1 amide bonds. The maximum Gasteiger partial charge on any atom is 0.237 e. The van der Waals surface area contributed by atoms with Gasteiger partial charge in [0.1, 0.15) is 11.1 Å². The van der Waals surface area contributed by atoms with Crippen molar-refractivity contribution in [3.63, 3.8) is 0 Å². The Morgan fingerprint density at radius 3 is 2.61 bits per heavy atom. The lowest BCUT2D eigenvalue weighted by atomic mass is 10.1. The lowest BCUT2D eigenvalue weighted by Crippen LogP contribution is -2.26. The van der Waals surface area contributed by atoms with Gasteiger partial charge in [0.25, 0.3) is 0 Å². The molecule has 0 fully saturated rings. The molecule has 148 valence electrons. The molecule has 1 N–H and O–H groups in total. The quantitative estimate of drug-likeness (QED) is 0.597. The second-order valence-electron chi connectivity index (χ2n) is 7.33. The van der Waals surface area contributed by atoms with Gasteiger partial charge in [0.05, 0.1) is 10.8 Å². The number of thioether (sulfide) groups is 1. The molecule has 4 nitrogen and oxygen atoms in total. The minimum absolute atomic E-state index is 0.0450. The van der Waals surface area contributed by atoms with Gasteiger partial charge in [0.2, 0.25) is 5.91 Å². The third-order valence-corrected chi connectivity index (χ3v) is 5.93. The molecule has 0 saturated carbocycles. The Kier molecular flexibility index (Phi) is 8.07. The average molecular weight is 396 g/mol. The molecule has 1 unspecified atom stereocenters. The van der Waals surface area contributed by atoms with E-state index in [1.165, 1.54) is 11.8 Å². The van der Waals surface area contributed by atoms with Crippen LogP contribution >= 0.6 is 11.8 Å². The highest BCUT2D eigenvalue weighted by molar-refractivity contribution is 8.00. The van der Waals surface area contributed by atoms with Crippen molar-refractivity contribution in [2.24, 2.45) is 5.92 Å². The summed E-state index contributed by atoms with van der Waals surface area (Å²) in [5, 5.41) is 12.9. The Bertz CT molecular complexity index is 871. The molecule has 0 saturated heterocycles. The third-order valence-electron chi connectivity index (χ3n) is 4.56. The van der Waals surface area contributed by atoms with Crippen LogP contribution in [0.15, 0.2) is 35.4 Å². The van der Waals surface area contributed by atoms with Gasteiger partial charge in [-0.15, -0.1) is 0 Å². The number of aromatic nitrogens is 1. The number of para-hydroxylation sites is 1. The first kappa shape index (κ1) is 22.0. The van der Waals surface area contributed by atoms with Gasteiger partial charge in [0, 0.05) is 11.4 Å². The second-order valence-corrected chi connectivity index (χ2v) is 8.52. The number of amides is 1. The summed E-state index contributed by atoms with van der Waals surface area (Å²) in [5.41, 5.74) is 4.56. The van der Waals surface area contributed by atoms with E-state index in [-0.39, 0.29) is 11.2 Å². The lowest BCUT2D eigenvalue weighted by molar-refractivity contribution is -0.115. The van der Waals surface area contributed by atoms with Crippen LogP contribution in [0.2, 0.25) is 0 Å². The van der Waals surface area contributed by atoms with Crippen LogP contribution in [0.4, 0.5) is 5.69 Å². The van der Waals surface area contributed by atoms with Crippen molar-refractivity contribution in [2.75, 3.05) is 5.32 Å². The van der Waals surface area contributed by atoms with Crippen molar-refractivity contribution in [1.29, 1.82) is 5.26 Å². The summed E-state index contributed by atoms with van der Waals surface area (Å²) in [5.74, 6) is 0.438. The number of nitrogens with zero attached hydrogens (tertiary/aromatic N) is 2. The van der Waals surface area contributed by atoms with Crippen LogP contribution in [0, 0.1) is 24.2 Å². The van der Waals surface area contributed by atoms with E-state index in [0.29, 0.717) is 22.9 Å². The lowest BCUT2D eigenvalue weighted by Gasteiger charge is -2.18. The van der Waals surface area contributed by atoms with Gasteiger partial charge in [-0.2, -0.15) is 5.26 Å². The van der Waals surface area contributed by atoms with E-state index in [2.05, 4.69) is 37.1 Å². The zero-order chi connectivity index (χ0) is 20.7. The van der Waals surface area contributed by atoms with Gasteiger partial charge in [-0.25, -0.2) is 4.98 Å². The molecule has 0 bridgehead atoms. The van der Waals surface area contributed by atoms with E-state index < -0.39 is 0 Å². The number of rotatable bonds is 8. The predicted octanol–water partition coefficient (Wildman–Crippen LogP) is 5.53. The number of hydrogen-bond acceptors (Lipinski definition) is 4. The van der Waals surface area contributed by atoms with Gasteiger partial charge in [-0.05, 0) is 55.4 Å². The van der Waals surface area contributed by atoms with E-state index in [1.54, 1.807) is 0 Å². The molecule has 2 aromatic rings. The van der Waals surface area contributed by atoms with Crippen molar-refractivity contribution in [2.45, 2.75) is 64.2 Å². The normalized spacial score (nSPS) is 11.9. The second kappa shape index (κ2) is 10.3. The van der Waals surface area contributed by atoms with Crippen molar-refractivity contribution in [1.82, 2.24) is 4.98 Å². The summed E-state index contributed by atoms with van der Waals surface area (Å²) in [7, 11) is 0. The van der Waals surface area contributed by atoms with Crippen LogP contribution in [-0.2, 0) is 17.6 Å². The summed E-state index contributed by atoms with van der Waals surface area (Å²) in [6, 6.07) is 12.0.